The molecule has 194 valence electrons. The van der Waals surface area contributed by atoms with Crippen LogP contribution in [0, 0.1) is 5.82 Å². The number of ether oxygens (including phenoxy) is 1. The van der Waals surface area contributed by atoms with Crippen LogP contribution in [0.4, 0.5) is 27.5 Å². The van der Waals surface area contributed by atoms with E-state index < -0.39 is 5.82 Å². The van der Waals surface area contributed by atoms with Gasteiger partial charge in [0.15, 0.2) is 11.6 Å². The van der Waals surface area contributed by atoms with Crippen LogP contribution < -0.4 is 10.2 Å². The summed E-state index contributed by atoms with van der Waals surface area (Å²) >= 11 is 0. The molecule has 0 amide bonds. The second-order valence-corrected chi connectivity index (χ2v) is 8.88. The van der Waals surface area contributed by atoms with Crippen molar-refractivity contribution in [2.75, 3.05) is 29.9 Å². The normalized spacial score (nSPS) is 15.6. The molecule has 1 unspecified atom stereocenters. The number of phenols is 1. The molecule has 0 saturated carbocycles. The predicted molar refractivity (Wildman–Crippen MR) is 144 cm³/mol. The molecule has 2 aromatic carbocycles. The van der Waals surface area contributed by atoms with Crippen LogP contribution in [0.5, 0.6) is 5.75 Å². The number of nitrogens with one attached hydrogen (secondary N) is 1. The zero-order chi connectivity index (χ0) is 26.3. The monoisotopic (exact) mass is 513 g/mol. The molecule has 4 aromatic rings. The number of aromatic hydroxyl groups is 1. The molecule has 3 heterocycles. The summed E-state index contributed by atoms with van der Waals surface area (Å²) in [7, 11) is 0. The third-order valence-corrected chi connectivity index (χ3v) is 6.18. The average Bonchev–Trinajstić information content (AvgIpc) is 2.95. The van der Waals surface area contributed by atoms with Gasteiger partial charge in [-0.3, -0.25) is 4.98 Å². The van der Waals surface area contributed by atoms with Crippen LogP contribution in [0.1, 0.15) is 19.0 Å². The van der Waals surface area contributed by atoms with Crippen molar-refractivity contribution in [2.24, 2.45) is 10.2 Å². The Bertz CT molecular complexity index is 1400. The summed E-state index contributed by atoms with van der Waals surface area (Å²) in [6, 6.07) is 18.8. The smallest absolute Gasteiger partial charge is 0.270 e. The zero-order valence-electron chi connectivity index (χ0n) is 21.0. The summed E-state index contributed by atoms with van der Waals surface area (Å²) in [6.45, 7) is 3.95. The van der Waals surface area contributed by atoms with Gasteiger partial charge in [-0.15, -0.1) is 5.11 Å². The van der Waals surface area contributed by atoms with Crippen LogP contribution in [-0.4, -0.2) is 45.9 Å². The molecule has 5 rings (SSSR count). The van der Waals surface area contributed by atoms with Crippen molar-refractivity contribution < 1.29 is 14.2 Å². The van der Waals surface area contributed by atoms with Gasteiger partial charge in [-0.1, -0.05) is 31.2 Å². The Hall–Kier alpha value is -4.44. The number of phenolic OH excluding ortho intramolecular Hbond substituents is 1. The van der Waals surface area contributed by atoms with Crippen molar-refractivity contribution >= 4 is 23.1 Å². The molecule has 0 spiro atoms. The summed E-state index contributed by atoms with van der Waals surface area (Å²) in [6.07, 6.45) is 3.75. The first-order valence-electron chi connectivity index (χ1n) is 12.5. The molecule has 0 radical (unpaired) electrons. The number of nitrogens with zero attached hydrogens (tertiary/aromatic N) is 6. The number of azo groups is 1. The van der Waals surface area contributed by atoms with E-state index in [1.54, 1.807) is 18.3 Å². The van der Waals surface area contributed by atoms with Gasteiger partial charge >= 0.3 is 0 Å². The molecule has 2 aromatic heterocycles. The van der Waals surface area contributed by atoms with E-state index >= 15 is 0 Å². The van der Waals surface area contributed by atoms with E-state index in [4.69, 9.17) is 4.74 Å². The van der Waals surface area contributed by atoms with Gasteiger partial charge in [0.25, 0.3) is 5.95 Å². The Labute approximate surface area is 220 Å². The fourth-order valence-corrected chi connectivity index (χ4v) is 4.14. The van der Waals surface area contributed by atoms with Gasteiger partial charge in [0.2, 0.25) is 0 Å². The number of rotatable bonds is 8. The molecule has 38 heavy (non-hydrogen) atoms. The largest absolute Gasteiger partial charge is 0.508 e. The highest BCUT2D eigenvalue weighted by atomic mass is 19.1. The molecule has 0 bridgehead atoms. The quantitative estimate of drug-likeness (QED) is 0.277. The average molecular weight is 514 g/mol. The first-order chi connectivity index (χ1) is 18.6. The lowest BCUT2D eigenvalue weighted by Crippen LogP contribution is -2.43. The molecule has 2 N–H and O–H groups in total. The van der Waals surface area contributed by atoms with Crippen LogP contribution in [0.15, 0.2) is 83.3 Å². The SMILES string of the molecule is CCC1CN(c2nc(N=NCc3ccc(Nc4ccc(-c5cccc(O)c5)cc4)cn3)ncc2F)CCO1. The number of morpholine rings is 1. The maximum atomic E-state index is 14.4. The van der Waals surface area contributed by atoms with Crippen molar-refractivity contribution in [1.82, 2.24) is 15.0 Å². The second-order valence-electron chi connectivity index (χ2n) is 8.88. The minimum atomic E-state index is -0.487. The predicted octanol–water partition coefficient (Wildman–Crippen LogP) is 6.03. The summed E-state index contributed by atoms with van der Waals surface area (Å²) < 4.78 is 20.0. The van der Waals surface area contributed by atoms with Crippen LogP contribution in [0.3, 0.4) is 0 Å². The summed E-state index contributed by atoms with van der Waals surface area (Å²) in [5.74, 6) is 0.0792. The highest BCUT2D eigenvalue weighted by molar-refractivity contribution is 5.69. The van der Waals surface area contributed by atoms with Gasteiger partial charge < -0.3 is 20.1 Å². The first-order valence-corrected chi connectivity index (χ1v) is 12.5. The summed E-state index contributed by atoms with van der Waals surface area (Å²) in [5.41, 5.74) is 4.43. The molecule has 1 aliphatic heterocycles. The topological polar surface area (TPSA) is 108 Å². The Kier molecular flexibility index (Phi) is 7.79. The maximum absolute atomic E-state index is 14.4. The van der Waals surface area contributed by atoms with E-state index in [2.05, 4.69) is 30.5 Å². The van der Waals surface area contributed by atoms with Crippen molar-refractivity contribution in [3.63, 3.8) is 0 Å². The summed E-state index contributed by atoms with van der Waals surface area (Å²) in [4.78, 5) is 14.5. The highest BCUT2D eigenvalue weighted by Gasteiger charge is 2.23. The third-order valence-electron chi connectivity index (χ3n) is 6.18. The van der Waals surface area contributed by atoms with Crippen LogP contribution in [-0.2, 0) is 11.3 Å². The van der Waals surface area contributed by atoms with Crippen molar-refractivity contribution in [1.29, 1.82) is 0 Å². The molecule has 9 nitrogen and oxygen atoms in total. The number of pyridine rings is 1. The third kappa shape index (κ3) is 6.27. The Morgan fingerprint density at radius 1 is 1.05 bits per heavy atom. The molecule has 1 aliphatic rings. The first kappa shape index (κ1) is 25.2. The number of aromatic nitrogens is 3. The van der Waals surface area contributed by atoms with Gasteiger partial charge in [-0.05, 0) is 53.9 Å². The molecule has 1 fully saturated rings. The van der Waals surface area contributed by atoms with Crippen LogP contribution >= 0.6 is 0 Å². The molecular formula is C28H28FN7O2. The number of anilines is 3. The van der Waals surface area contributed by atoms with E-state index in [1.807, 2.05) is 60.4 Å². The number of halogens is 1. The van der Waals surface area contributed by atoms with Gasteiger partial charge in [-0.2, -0.15) is 10.1 Å². The molecule has 0 aliphatic carbocycles. The lowest BCUT2D eigenvalue weighted by molar-refractivity contribution is 0.0379. The van der Waals surface area contributed by atoms with Crippen LogP contribution in [0.2, 0.25) is 0 Å². The van der Waals surface area contributed by atoms with E-state index in [0.29, 0.717) is 19.7 Å². The van der Waals surface area contributed by atoms with E-state index in [9.17, 15) is 9.50 Å². The van der Waals surface area contributed by atoms with Gasteiger partial charge in [0.05, 0.1) is 36.5 Å². The highest BCUT2D eigenvalue weighted by Crippen LogP contribution is 2.26. The lowest BCUT2D eigenvalue weighted by Gasteiger charge is -2.33. The Morgan fingerprint density at radius 3 is 2.66 bits per heavy atom. The van der Waals surface area contributed by atoms with Gasteiger partial charge in [-0.25, -0.2) is 9.37 Å². The molecule has 1 atom stereocenters. The second kappa shape index (κ2) is 11.7. The van der Waals surface area contributed by atoms with Gasteiger partial charge in [0, 0.05) is 18.8 Å². The zero-order valence-corrected chi connectivity index (χ0v) is 21.0. The fraction of sp³-hybridized carbons (Fsp3) is 0.250. The van der Waals surface area contributed by atoms with Crippen molar-refractivity contribution in [2.45, 2.75) is 26.0 Å². The molecule has 10 heteroatoms. The van der Waals surface area contributed by atoms with E-state index in [0.717, 1.165) is 40.8 Å². The number of benzene rings is 2. The van der Waals surface area contributed by atoms with E-state index in [-0.39, 0.29) is 30.2 Å². The standard InChI is InChI=1S/C28H28FN7O2/c1-2-25-18-36(12-13-38-25)27-26(29)17-31-28(34-27)35-32-16-22-10-11-23(15-30-22)33-21-8-6-19(7-9-21)20-4-3-5-24(37)14-20/h3-11,14-15,17,25,33,37H,2,12-13,16,18H2,1H3. The minimum Gasteiger partial charge on any atom is -0.508 e. The Morgan fingerprint density at radius 2 is 1.89 bits per heavy atom. The molecular weight excluding hydrogens is 485 g/mol. The van der Waals surface area contributed by atoms with E-state index in [1.165, 1.54) is 0 Å². The number of hydrogen-bond acceptors (Lipinski definition) is 9. The van der Waals surface area contributed by atoms with Crippen molar-refractivity contribution in [3.05, 3.63) is 84.6 Å². The minimum absolute atomic E-state index is 0.0517. The number of hydrogen-bond donors (Lipinski definition) is 2. The maximum Gasteiger partial charge on any atom is 0.270 e. The van der Waals surface area contributed by atoms with Crippen molar-refractivity contribution in [3.8, 4) is 16.9 Å². The van der Waals surface area contributed by atoms with Crippen LogP contribution in [0.25, 0.3) is 11.1 Å². The lowest BCUT2D eigenvalue weighted by atomic mass is 10.1. The fourth-order valence-electron chi connectivity index (χ4n) is 4.14. The van der Waals surface area contributed by atoms with Gasteiger partial charge in [0.1, 0.15) is 12.3 Å². The Balaban J connectivity index is 1.17. The summed E-state index contributed by atoms with van der Waals surface area (Å²) in [5, 5.41) is 21.2. The molecule has 1 saturated heterocycles.